The van der Waals surface area contributed by atoms with Gasteiger partial charge in [-0.2, -0.15) is 0 Å². The molecular formula is C14H17N3O4. The second-order valence-corrected chi connectivity index (χ2v) is 5.56. The summed E-state index contributed by atoms with van der Waals surface area (Å²) in [4.78, 5) is 36.0. The zero-order valence-corrected chi connectivity index (χ0v) is 12.1. The number of nitro groups is 1. The van der Waals surface area contributed by atoms with E-state index in [1.165, 1.54) is 6.07 Å². The fraction of sp³-hybridized carbons (Fsp3) is 0.429. The van der Waals surface area contributed by atoms with Gasteiger partial charge in [-0.15, -0.1) is 0 Å². The van der Waals surface area contributed by atoms with Gasteiger partial charge in [0.2, 0.25) is 0 Å². The summed E-state index contributed by atoms with van der Waals surface area (Å²) in [6.07, 6.45) is 0. The van der Waals surface area contributed by atoms with Crippen molar-refractivity contribution in [3.05, 3.63) is 39.9 Å². The third-order valence-corrected chi connectivity index (χ3v) is 3.97. The van der Waals surface area contributed by atoms with E-state index in [-0.39, 0.29) is 24.1 Å². The van der Waals surface area contributed by atoms with Gasteiger partial charge in [0.1, 0.15) is 5.54 Å². The number of nitrogens with one attached hydrogen (secondary N) is 1. The quantitative estimate of drug-likeness (QED) is 0.522. The van der Waals surface area contributed by atoms with E-state index in [2.05, 4.69) is 5.32 Å². The van der Waals surface area contributed by atoms with Crippen LogP contribution in [0.25, 0.3) is 0 Å². The van der Waals surface area contributed by atoms with E-state index in [4.69, 9.17) is 0 Å². The molecule has 0 aromatic heterocycles. The van der Waals surface area contributed by atoms with Crippen LogP contribution in [0.3, 0.4) is 0 Å². The molecule has 1 fully saturated rings. The standard InChI is InChI=1S/C14H17N3O4/c1-9(2)14(3)12(18)16(13(19)15-14)8-10-6-4-5-7-11(10)17(20)21/h4-7,9H,8H2,1-3H3,(H,15,19)/t14-/m1/s1. The van der Waals surface area contributed by atoms with Crippen molar-refractivity contribution in [3.63, 3.8) is 0 Å². The van der Waals surface area contributed by atoms with Crippen molar-refractivity contribution in [1.82, 2.24) is 10.2 Å². The number of benzene rings is 1. The van der Waals surface area contributed by atoms with Gasteiger partial charge >= 0.3 is 6.03 Å². The molecule has 7 nitrogen and oxygen atoms in total. The predicted octanol–water partition coefficient (Wildman–Crippen LogP) is 2.06. The highest BCUT2D eigenvalue weighted by molar-refractivity contribution is 6.06. The van der Waals surface area contributed by atoms with Gasteiger partial charge < -0.3 is 5.32 Å². The molecule has 2 rings (SSSR count). The molecule has 21 heavy (non-hydrogen) atoms. The van der Waals surface area contributed by atoms with Crippen LogP contribution >= 0.6 is 0 Å². The van der Waals surface area contributed by atoms with Gasteiger partial charge in [-0.1, -0.05) is 32.0 Å². The van der Waals surface area contributed by atoms with Gasteiger partial charge in [0, 0.05) is 11.6 Å². The summed E-state index contributed by atoms with van der Waals surface area (Å²) in [6, 6.07) is 5.57. The van der Waals surface area contributed by atoms with Crippen molar-refractivity contribution in [2.75, 3.05) is 0 Å². The molecular weight excluding hydrogens is 274 g/mol. The van der Waals surface area contributed by atoms with Crippen molar-refractivity contribution in [2.24, 2.45) is 5.92 Å². The Hall–Kier alpha value is -2.44. The maximum absolute atomic E-state index is 12.4. The molecule has 0 radical (unpaired) electrons. The lowest BCUT2D eigenvalue weighted by molar-refractivity contribution is -0.385. The van der Waals surface area contributed by atoms with Gasteiger partial charge in [-0.25, -0.2) is 4.79 Å². The Kier molecular flexibility index (Phi) is 3.67. The van der Waals surface area contributed by atoms with Gasteiger partial charge in [0.05, 0.1) is 11.5 Å². The van der Waals surface area contributed by atoms with Crippen molar-refractivity contribution in [3.8, 4) is 0 Å². The van der Waals surface area contributed by atoms with Crippen LogP contribution in [0.5, 0.6) is 0 Å². The third-order valence-electron chi connectivity index (χ3n) is 3.97. The van der Waals surface area contributed by atoms with E-state index < -0.39 is 16.5 Å². The molecule has 1 aliphatic rings. The monoisotopic (exact) mass is 291 g/mol. The molecule has 0 saturated carbocycles. The van der Waals surface area contributed by atoms with Crippen LogP contribution in [0.2, 0.25) is 0 Å². The van der Waals surface area contributed by atoms with Crippen molar-refractivity contribution >= 4 is 17.6 Å². The van der Waals surface area contributed by atoms with Crippen LogP contribution in [0, 0.1) is 16.0 Å². The lowest BCUT2D eigenvalue weighted by atomic mass is 9.88. The molecule has 1 aromatic rings. The molecule has 0 spiro atoms. The van der Waals surface area contributed by atoms with E-state index in [1.54, 1.807) is 25.1 Å². The largest absolute Gasteiger partial charge is 0.325 e. The number of hydrogen-bond donors (Lipinski definition) is 1. The fourth-order valence-corrected chi connectivity index (χ4v) is 2.24. The zero-order chi connectivity index (χ0) is 15.8. The number of urea groups is 1. The number of carbonyl (C=O) groups is 2. The first-order valence-electron chi connectivity index (χ1n) is 6.63. The Balaban J connectivity index is 2.31. The average Bonchev–Trinajstić information content (AvgIpc) is 2.64. The number of amides is 3. The SMILES string of the molecule is CC(C)[C@@]1(C)NC(=O)N(Cc2ccccc2[N+](=O)[O-])C1=O. The highest BCUT2D eigenvalue weighted by atomic mass is 16.6. The van der Waals surface area contributed by atoms with Crippen LogP contribution < -0.4 is 5.32 Å². The van der Waals surface area contributed by atoms with Crippen LogP contribution in [-0.2, 0) is 11.3 Å². The first-order chi connectivity index (χ1) is 9.77. The minimum absolute atomic E-state index is 0.0790. The molecule has 1 saturated heterocycles. The van der Waals surface area contributed by atoms with Crippen LogP contribution in [0.4, 0.5) is 10.5 Å². The molecule has 112 valence electrons. The molecule has 1 aromatic carbocycles. The highest BCUT2D eigenvalue weighted by Crippen LogP contribution is 2.28. The summed E-state index contributed by atoms with van der Waals surface area (Å²) in [5, 5.41) is 13.7. The maximum Gasteiger partial charge on any atom is 0.325 e. The molecule has 0 aliphatic carbocycles. The Bertz CT molecular complexity index is 614. The second kappa shape index (κ2) is 5.16. The fourth-order valence-electron chi connectivity index (χ4n) is 2.24. The van der Waals surface area contributed by atoms with Gasteiger partial charge in [0.15, 0.2) is 0 Å². The summed E-state index contributed by atoms with van der Waals surface area (Å²) < 4.78 is 0. The van der Waals surface area contributed by atoms with Crippen LogP contribution in [0.1, 0.15) is 26.3 Å². The summed E-state index contributed by atoms with van der Waals surface area (Å²) >= 11 is 0. The van der Waals surface area contributed by atoms with E-state index in [9.17, 15) is 19.7 Å². The summed E-state index contributed by atoms with van der Waals surface area (Å²) in [5.74, 6) is -0.439. The zero-order valence-electron chi connectivity index (χ0n) is 12.1. The number of nitro benzene ring substituents is 1. The third kappa shape index (κ3) is 2.46. The van der Waals surface area contributed by atoms with E-state index in [1.807, 2.05) is 13.8 Å². The number of imide groups is 1. The predicted molar refractivity (Wildman–Crippen MR) is 75.4 cm³/mol. The second-order valence-electron chi connectivity index (χ2n) is 5.56. The number of carbonyl (C=O) groups excluding carboxylic acids is 2. The minimum Gasteiger partial charge on any atom is -0.323 e. The number of rotatable bonds is 4. The van der Waals surface area contributed by atoms with Gasteiger partial charge in [0.25, 0.3) is 11.6 Å². The number of hydrogen-bond acceptors (Lipinski definition) is 4. The van der Waals surface area contributed by atoms with Crippen LogP contribution in [-0.4, -0.2) is 27.3 Å². The summed E-state index contributed by atoms with van der Waals surface area (Å²) in [6.45, 7) is 5.24. The Morgan fingerprint density at radius 3 is 2.48 bits per heavy atom. The first-order valence-corrected chi connectivity index (χ1v) is 6.63. The molecule has 3 amide bonds. The Morgan fingerprint density at radius 1 is 1.33 bits per heavy atom. The maximum atomic E-state index is 12.4. The molecule has 1 N–H and O–H groups in total. The lowest BCUT2D eigenvalue weighted by Crippen LogP contribution is -2.48. The number of nitrogens with zero attached hydrogens (tertiary/aromatic N) is 2. The molecule has 0 unspecified atom stereocenters. The number of para-hydroxylation sites is 1. The van der Waals surface area contributed by atoms with E-state index in [0.29, 0.717) is 5.56 Å². The molecule has 0 bridgehead atoms. The average molecular weight is 291 g/mol. The van der Waals surface area contributed by atoms with Gasteiger partial charge in [-0.3, -0.25) is 19.8 Å². The Labute approximate surface area is 122 Å². The van der Waals surface area contributed by atoms with E-state index >= 15 is 0 Å². The Morgan fingerprint density at radius 2 is 1.95 bits per heavy atom. The molecule has 1 heterocycles. The summed E-state index contributed by atoms with van der Waals surface area (Å²) in [5.41, 5.74) is -0.740. The minimum atomic E-state index is -0.972. The van der Waals surface area contributed by atoms with Crippen molar-refractivity contribution in [1.29, 1.82) is 0 Å². The topological polar surface area (TPSA) is 92.6 Å². The smallest absolute Gasteiger partial charge is 0.323 e. The lowest BCUT2D eigenvalue weighted by Gasteiger charge is -2.25. The molecule has 1 atom stereocenters. The van der Waals surface area contributed by atoms with Gasteiger partial charge in [-0.05, 0) is 12.8 Å². The normalized spacial score (nSPS) is 21.8. The van der Waals surface area contributed by atoms with Crippen LogP contribution in [0.15, 0.2) is 24.3 Å². The van der Waals surface area contributed by atoms with E-state index in [0.717, 1.165) is 4.90 Å². The highest BCUT2D eigenvalue weighted by Gasteiger charge is 2.49. The summed E-state index contributed by atoms with van der Waals surface area (Å²) in [7, 11) is 0. The molecule has 7 heteroatoms. The van der Waals surface area contributed by atoms with Crippen molar-refractivity contribution < 1.29 is 14.5 Å². The molecule has 1 aliphatic heterocycles. The van der Waals surface area contributed by atoms with Crippen molar-refractivity contribution in [2.45, 2.75) is 32.9 Å². The first kappa shape index (κ1) is 15.0.